The van der Waals surface area contributed by atoms with Crippen LogP contribution in [0.25, 0.3) is 11.0 Å². The molecule has 2 aromatic carbocycles. The number of nitrogens with one attached hydrogen (secondary N) is 1. The molecule has 0 saturated carbocycles. The van der Waals surface area contributed by atoms with Crippen molar-refractivity contribution in [2.45, 2.75) is 18.1 Å². The van der Waals surface area contributed by atoms with Crippen molar-refractivity contribution >= 4 is 28.3 Å². The quantitative estimate of drug-likeness (QED) is 0.617. The summed E-state index contributed by atoms with van der Waals surface area (Å²) < 4.78 is 34.0. The van der Waals surface area contributed by atoms with E-state index < -0.39 is 23.3 Å². The summed E-state index contributed by atoms with van der Waals surface area (Å²) in [5, 5.41) is 21.3. The van der Waals surface area contributed by atoms with Crippen LogP contribution in [0, 0.1) is 11.6 Å². The summed E-state index contributed by atoms with van der Waals surface area (Å²) >= 11 is 5.66. The molecule has 2 heterocycles. The number of aliphatic hydroxyl groups is 2. The number of hydrogen-bond donors (Lipinski definition) is 3. The van der Waals surface area contributed by atoms with Gasteiger partial charge in [-0.1, -0.05) is 17.7 Å². The summed E-state index contributed by atoms with van der Waals surface area (Å²) in [6.45, 7) is -0.194. The van der Waals surface area contributed by atoms with Crippen molar-refractivity contribution in [3.8, 4) is 5.75 Å². The second-order valence-electron chi connectivity index (χ2n) is 6.88. The number of piperidine rings is 1. The maximum absolute atomic E-state index is 14.2. The number of hydrogen-bond acceptors (Lipinski definition) is 5. The van der Waals surface area contributed by atoms with Gasteiger partial charge in [-0.15, -0.1) is 0 Å². The van der Waals surface area contributed by atoms with Gasteiger partial charge in [0.05, 0.1) is 11.8 Å². The molecule has 1 aliphatic rings. The van der Waals surface area contributed by atoms with Crippen molar-refractivity contribution in [2.24, 2.45) is 0 Å². The molecule has 0 unspecified atom stereocenters. The molecule has 4 rings (SSSR count). The predicted molar refractivity (Wildman–Crippen MR) is 101 cm³/mol. The molecule has 0 spiro atoms. The Labute approximate surface area is 164 Å². The molecule has 3 N–H and O–H groups in total. The van der Waals surface area contributed by atoms with Crippen LogP contribution in [0.1, 0.15) is 6.42 Å². The largest absolute Gasteiger partial charge is 0.488 e. The van der Waals surface area contributed by atoms with Crippen molar-refractivity contribution in [1.82, 2.24) is 9.97 Å². The number of fused-ring (bicyclic) bond motifs is 1. The normalized spacial score (nSPS) is 22.6. The molecular formula is C19H18ClF2N3O3. The number of imidazole rings is 1. The van der Waals surface area contributed by atoms with E-state index in [4.69, 9.17) is 16.3 Å². The van der Waals surface area contributed by atoms with Gasteiger partial charge in [0, 0.05) is 18.1 Å². The minimum Gasteiger partial charge on any atom is -0.488 e. The molecule has 3 aromatic rings. The number of benzene rings is 2. The van der Waals surface area contributed by atoms with Crippen LogP contribution in [0.3, 0.4) is 0 Å². The summed E-state index contributed by atoms with van der Waals surface area (Å²) in [6.07, 6.45) is 0.329. The fourth-order valence-corrected chi connectivity index (χ4v) is 3.62. The third kappa shape index (κ3) is 3.39. The van der Waals surface area contributed by atoms with Crippen molar-refractivity contribution in [3.63, 3.8) is 0 Å². The smallest absolute Gasteiger partial charge is 0.151 e. The van der Waals surface area contributed by atoms with Gasteiger partial charge < -0.3 is 24.8 Å². The maximum Gasteiger partial charge on any atom is 0.151 e. The second-order valence-corrected chi connectivity index (χ2v) is 7.31. The lowest BCUT2D eigenvalue weighted by atomic mass is 9.89. The van der Waals surface area contributed by atoms with E-state index in [2.05, 4.69) is 9.97 Å². The molecule has 0 amide bonds. The third-order valence-corrected chi connectivity index (χ3v) is 5.23. The monoisotopic (exact) mass is 409 g/mol. The van der Waals surface area contributed by atoms with Gasteiger partial charge in [0.1, 0.15) is 35.3 Å². The second kappa shape index (κ2) is 7.20. The Bertz CT molecular complexity index is 992. The number of β-amino-alcohol motifs (C(OH)–C–C–N with tert-alkyl or cyclic N) is 1. The Balaban J connectivity index is 1.48. The number of halogens is 3. The van der Waals surface area contributed by atoms with Crippen molar-refractivity contribution in [3.05, 3.63) is 53.3 Å². The predicted octanol–water partition coefficient (Wildman–Crippen LogP) is 2.88. The summed E-state index contributed by atoms with van der Waals surface area (Å²) in [6, 6.07) is 7.37. The highest BCUT2D eigenvalue weighted by Gasteiger charge is 2.42. The standard InChI is InChI=1S/C19H18ClF2N3O3/c20-11-6-12(21)18(13(22)7-11)25-5-4-19(27,16(26)8-25)9-28-15-3-1-2-14-17(15)24-10-23-14/h1-3,6-7,10,16,26-27H,4-5,8-9H2,(H,23,24)/t16-,19-/m1/s1. The number of aromatic amines is 1. The molecule has 9 heteroatoms. The first-order chi connectivity index (χ1) is 13.4. The number of aromatic nitrogens is 2. The van der Waals surface area contributed by atoms with E-state index >= 15 is 0 Å². The lowest BCUT2D eigenvalue weighted by molar-refractivity contribution is -0.108. The lowest BCUT2D eigenvalue weighted by Crippen LogP contribution is -2.58. The van der Waals surface area contributed by atoms with Gasteiger partial charge in [-0.05, 0) is 30.7 Å². The Morgan fingerprint density at radius 1 is 1.32 bits per heavy atom. The molecule has 148 valence electrons. The highest BCUT2D eigenvalue weighted by molar-refractivity contribution is 6.30. The maximum atomic E-state index is 14.2. The molecular weight excluding hydrogens is 392 g/mol. The van der Waals surface area contributed by atoms with Crippen LogP contribution in [-0.4, -0.2) is 51.6 Å². The van der Waals surface area contributed by atoms with E-state index in [0.717, 1.165) is 17.6 Å². The fourth-order valence-electron chi connectivity index (χ4n) is 3.43. The van der Waals surface area contributed by atoms with Crippen LogP contribution in [0.5, 0.6) is 5.75 Å². The molecule has 1 fully saturated rings. The number of nitrogens with zero attached hydrogens (tertiary/aromatic N) is 2. The van der Waals surface area contributed by atoms with E-state index in [1.54, 1.807) is 12.1 Å². The highest BCUT2D eigenvalue weighted by atomic mass is 35.5. The van der Waals surface area contributed by atoms with Crippen LogP contribution in [0.2, 0.25) is 5.02 Å². The average Bonchev–Trinajstić information content (AvgIpc) is 3.12. The first-order valence-corrected chi connectivity index (χ1v) is 9.10. The number of H-pyrrole nitrogens is 1. The van der Waals surface area contributed by atoms with Crippen LogP contribution in [0.4, 0.5) is 14.5 Å². The van der Waals surface area contributed by atoms with Crippen molar-refractivity contribution in [1.29, 1.82) is 0 Å². The van der Waals surface area contributed by atoms with Gasteiger partial charge in [-0.3, -0.25) is 0 Å². The van der Waals surface area contributed by atoms with Gasteiger partial charge in [0.25, 0.3) is 0 Å². The minimum atomic E-state index is -1.56. The average molecular weight is 410 g/mol. The first kappa shape index (κ1) is 18.9. The number of ether oxygens (including phenoxy) is 1. The van der Waals surface area contributed by atoms with E-state index in [1.165, 1.54) is 11.2 Å². The number of para-hydroxylation sites is 1. The summed E-state index contributed by atoms with van der Waals surface area (Å²) in [7, 11) is 0. The van der Waals surface area contributed by atoms with E-state index in [1.807, 2.05) is 6.07 Å². The molecule has 6 nitrogen and oxygen atoms in total. The minimum absolute atomic E-state index is 0.0474. The summed E-state index contributed by atoms with van der Waals surface area (Å²) in [4.78, 5) is 8.50. The molecule has 2 atom stereocenters. The topological polar surface area (TPSA) is 81.6 Å². The zero-order chi connectivity index (χ0) is 19.9. The summed E-state index contributed by atoms with van der Waals surface area (Å²) in [5.41, 5.74) is -0.432. The van der Waals surface area contributed by atoms with Gasteiger partial charge in [0.2, 0.25) is 0 Å². The van der Waals surface area contributed by atoms with Gasteiger partial charge in [-0.2, -0.15) is 0 Å². The van der Waals surface area contributed by atoms with Crippen LogP contribution in [-0.2, 0) is 0 Å². The zero-order valence-corrected chi connectivity index (χ0v) is 15.5. The Hall–Kier alpha value is -2.42. The van der Waals surface area contributed by atoms with E-state index in [-0.39, 0.29) is 36.8 Å². The molecule has 28 heavy (non-hydrogen) atoms. The molecule has 1 aliphatic heterocycles. The SMILES string of the molecule is O[C@@H]1CN(c2c(F)cc(Cl)cc2F)CC[C@@]1(O)COc1cccc2[nH]cnc12. The van der Waals surface area contributed by atoms with Crippen LogP contribution >= 0.6 is 11.6 Å². The molecule has 1 saturated heterocycles. The van der Waals surface area contributed by atoms with Gasteiger partial charge in [0.15, 0.2) is 11.6 Å². The molecule has 0 radical (unpaired) electrons. The Kier molecular flexibility index (Phi) is 4.86. The Morgan fingerprint density at radius 3 is 2.79 bits per heavy atom. The molecule has 0 bridgehead atoms. The number of rotatable bonds is 4. The highest BCUT2D eigenvalue weighted by Crippen LogP contribution is 2.33. The van der Waals surface area contributed by atoms with Gasteiger partial charge in [-0.25, -0.2) is 13.8 Å². The third-order valence-electron chi connectivity index (χ3n) is 5.02. The molecule has 1 aromatic heterocycles. The van der Waals surface area contributed by atoms with Crippen molar-refractivity contribution < 1.29 is 23.7 Å². The van der Waals surface area contributed by atoms with E-state index in [0.29, 0.717) is 11.3 Å². The number of anilines is 1. The van der Waals surface area contributed by atoms with Crippen molar-refractivity contribution in [2.75, 3.05) is 24.6 Å². The lowest BCUT2D eigenvalue weighted by Gasteiger charge is -2.42. The van der Waals surface area contributed by atoms with Crippen LogP contribution < -0.4 is 9.64 Å². The van der Waals surface area contributed by atoms with Crippen LogP contribution in [0.15, 0.2) is 36.7 Å². The summed E-state index contributed by atoms with van der Waals surface area (Å²) in [5.74, 6) is -1.16. The Morgan fingerprint density at radius 2 is 2.07 bits per heavy atom. The number of aliphatic hydroxyl groups excluding tert-OH is 1. The zero-order valence-electron chi connectivity index (χ0n) is 14.7. The van der Waals surface area contributed by atoms with Gasteiger partial charge >= 0.3 is 0 Å². The van der Waals surface area contributed by atoms with E-state index in [9.17, 15) is 19.0 Å². The first-order valence-electron chi connectivity index (χ1n) is 8.72. The molecule has 0 aliphatic carbocycles. The fraction of sp³-hybridized carbons (Fsp3) is 0.316.